The zero-order chi connectivity index (χ0) is 14.5. The Morgan fingerprint density at radius 1 is 1.14 bits per heavy atom. The number of aromatic nitrogens is 1. The van der Waals surface area contributed by atoms with E-state index in [0.717, 1.165) is 26.0 Å². The number of pyridine rings is 1. The van der Waals surface area contributed by atoms with E-state index in [4.69, 9.17) is 4.74 Å². The van der Waals surface area contributed by atoms with Crippen LogP contribution < -0.4 is 5.32 Å². The Balaban J connectivity index is 1.68. The molecule has 2 heterocycles. The van der Waals surface area contributed by atoms with Crippen LogP contribution >= 0.6 is 0 Å². The molecule has 1 aromatic carbocycles. The summed E-state index contributed by atoms with van der Waals surface area (Å²) in [6, 6.07) is 13.2. The molecule has 1 aliphatic heterocycles. The van der Waals surface area contributed by atoms with Gasteiger partial charge in [-0.3, -0.25) is 4.98 Å². The maximum atomic E-state index is 6.03. The molecule has 1 saturated heterocycles. The molecule has 3 nitrogen and oxygen atoms in total. The number of nitrogens with one attached hydrogen (secondary N) is 1. The number of nitrogens with zero attached hydrogens (tertiary/aromatic N) is 1. The van der Waals surface area contributed by atoms with Crippen LogP contribution in [0.25, 0.3) is 0 Å². The van der Waals surface area contributed by atoms with Crippen LogP contribution in [0.5, 0.6) is 0 Å². The van der Waals surface area contributed by atoms with Crippen molar-refractivity contribution in [1.29, 1.82) is 0 Å². The first-order valence-electron chi connectivity index (χ1n) is 7.63. The van der Waals surface area contributed by atoms with Gasteiger partial charge in [0, 0.05) is 31.6 Å². The van der Waals surface area contributed by atoms with Gasteiger partial charge >= 0.3 is 0 Å². The first-order valence-corrected chi connectivity index (χ1v) is 7.63. The minimum Gasteiger partial charge on any atom is -0.372 e. The summed E-state index contributed by atoms with van der Waals surface area (Å²) in [7, 11) is 0. The number of ether oxygens (including phenoxy) is 1. The molecule has 1 aromatic heterocycles. The van der Waals surface area contributed by atoms with Gasteiger partial charge in [-0.1, -0.05) is 29.8 Å². The second-order valence-corrected chi connectivity index (χ2v) is 5.69. The summed E-state index contributed by atoms with van der Waals surface area (Å²) in [5.74, 6) is 0. The topological polar surface area (TPSA) is 34.1 Å². The molecule has 0 saturated carbocycles. The van der Waals surface area contributed by atoms with Gasteiger partial charge in [0.05, 0.1) is 6.10 Å². The number of rotatable bonds is 4. The molecule has 0 spiro atoms. The van der Waals surface area contributed by atoms with Gasteiger partial charge in [-0.25, -0.2) is 0 Å². The summed E-state index contributed by atoms with van der Waals surface area (Å²) in [6.45, 7) is 3.83. The standard InChI is InChI=1S/C18H22N2O/c1-14-4-6-16(7-5-14)18-17(3-2-12-21-18)20-13-15-8-10-19-11-9-15/h4-11,17-18,20H,2-3,12-13H2,1H3/t17-,18+/m0/s1. The smallest absolute Gasteiger partial charge is 0.0977 e. The molecule has 0 aliphatic carbocycles. The molecule has 0 radical (unpaired) electrons. The highest BCUT2D eigenvalue weighted by atomic mass is 16.5. The molecule has 3 heteroatoms. The lowest BCUT2D eigenvalue weighted by Gasteiger charge is -2.33. The Kier molecular flexibility index (Phi) is 4.63. The normalized spacial score (nSPS) is 22.1. The van der Waals surface area contributed by atoms with Crippen LogP contribution in [0.1, 0.15) is 35.6 Å². The second-order valence-electron chi connectivity index (χ2n) is 5.69. The molecule has 110 valence electrons. The van der Waals surface area contributed by atoms with E-state index in [9.17, 15) is 0 Å². The average molecular weight is 282 g/mol. The third-order valence-electron chi connectivity index (χ3n) is 4.05. The van der Waals surface area contributed by atoms with Crippen LogP contribution in [-0.4, -0.2) is 17.6 Å². The van der Waals surface area contributed by atoms with Crippen molar-refractivity contribution in [2.24, 2.45) is 0 Å². The monoisotopic (exact) mass is 282 g/mol. The van der Waals surface area contributed by atoms with Gasteiger partial charge in [0.15, 0.2) is 0 Å². The molecular formula is C18H22N2O. The summed E-state index contributed by atoms with van der Waals surface area (Å²) < 4.78 is 6.03. The molecule has 21 heavy (non-hydrogen) atoms. The van der Waals surface area contributed by atoms with Gasteiger partial charge in [-0.2, -0.15) is 0 Å². The molecule has 0 unspecified atom stereocenters. The molecule has 0 bridgehead atoms. The van der Waals surface area contributed by atoms with E-state index in [1.807, 2.05) is 12.4 Å². The van der Waals surface area contributed by atoms with Gasteiger partial charge in [-0.05, 0) is 43.0 Å². The van der Waals surface area contributed by atoms with Crippen LogP contribution in [0.4, 0.5) is 0 Å². The van der Waals surface area contributed by atoms with Gasteiger partial charge in [0.1, 0.15) is 0 Å². The minimum absolute atomic E-state index is 0.154. The molecule has 1 N–H and O–H groups in total. The highest BCUT2D eigenvalue weighted by molar-refractivity contribution is 5.24. The van der Waals surface area contributed by atoms with Crippen LogP contribution in [0, 0.1) is 6.92 Å². The zero-order valence-corrected chi connectivity index (χ0v) is 12.5. The van der Waals surface area contributed by atoms with Crippen LogP contribution in [0.3, 0.4) is 0 Å². The van der Waals surface area contributed by atoms with Crippen molar-refractivity contribution in [1.82, 2.24) is 10.3 Å². The van der Waals surface area contributed by atoms with E-state index in [0.29, 0.717) is 6.04 Å². The minimum atomic E-state index is 0.154. The molecular weight excluding hydrogens is 260 g/mol. The Morgan fingerprint density at radius 3 is 2.67 bits per heavy atom. The van der Waals surface area contributed by atoms with E-state index >= 15 is 0 Å². The highest BCUT2D eigenvalue weighted by Gasteiger charge is 2.26. The quantitative estimate of drug-likeness (QED) is 0.933. The van der Waals surface area contributed by atoms with E-state index in [-0.39, 0.29) is 6.10 Å². The third kappa shape index (κ3) is 3.69. The molecule has 2 aromatic rings. The summed E-state index contributed by atoms with van der Waals surface area (Å²) in [5.41, 5.74) is 3.82. The Morgan fingerprint density at radius 2 is 1.90 bits per heavy atom. The van der Waals surface area contributed by atoms with Gasteiger partial charge in [0.25, 0.3) is 0 Å². The van der Waals surface area contributed by atoms with Gasteiger partial charge in [0.2, 0.25) is 0 Å². The first-order chi connectivity index (χ1) is 10.3. The Labute approximate surface area is 126 Å². The summed E-state index contributed by atoms with van der Waals surface area (Å²) in [4.78, 5) is 4.06. The SMILES string of the molecule is Cc1ccc([C@H]2OCCC[C@@H]2NCc2ccncc2)cc1. The van der Waals surface area contributed by atoms with Crippen molar-refractivity contribution in [2.75, 3.05) is 6.61 Å². The summed E-state index contributed by atoms with van der Waals surface area (Å²) in [6.07, 6.45) is 6.11. The lowest BCUT2D eigenvalue weighted by atomic mass is 9.95. The number of hydrogen-bond acceptors (Lipinski definition) is 3. The van der Waals surface area contributed by atoms with Crippen molar-refractivity contribution in [3.8, 4) is 0 Å². The fraction of sp³-hybridized carbons (Fsp3) is 0.389. The van der Waals surface area contributed by atoms with Gasteiger partial charge in [-0.15, -0.1) is 0 Å². The fourth-order valence-electron chi connectivity index (χ4n) is 2.82. The average Bonchev–Trinajstić information content (AvgIpc) is 2.55. The van der Waals surface area contributed by atoms with Crippen molar-refractivity contribution >= 4 is 0 Å². The predicted molar refractivity (Wildman–Crippen MR) is 84.0 cm³/mol. The van der Waals surface area contributed by atoms with Crippen molar-refractivity contribution < 1.29 is 4.74 Å². The summed E-state index contributed by atoms with van der Waals surface area (Å²) in [5, 5.41) is 3.65. The van der Waals surface area contributed by atoms with Gasteiger partial charge < -0.3 is 10.1 Å². The van der Waals surface area contributed by atoms with E-state index < -0.39 is 0 Å². The number of hydrogen-bond donors (Lipinski definition) is 1. The van der Waals surface area contributed by atoms with Crippen molar-refractivity contribution in [3.63, 3.8) is 0 Å². The van der Waals surface area contributed by atoms with E-state index in [1.165, 1.54) is 16.7 Å². The highest BCUT2D eigenvalue weighted by Crippen LogP contribution is 2.28. The molecule has 1 fully saturated rings. The van der Waals surface area contributed by atoms with Crippen molar-refractivity contribution in [3.05, 3.63) is 65.5 Å². The number of benzene rings is 1. The van der Waals surface area contributed by atoms with E-state index in [1.54, 1.807) is 0 Å². The van der Waals surface area contributed by atoms with Crippen LogP contribution in [0.15, 0.2) is 48.8 Å². The molecule has 1 aliphatic rings. The molecule has 0 amide bonds. The van der Waals surface area contributed by atoms with E-state index in [2.05, 4.69) is 53.6 Å². The molecule has 2 atom stereocenters. The molecule has 3 rings (SSSR count). The largest absolute Gasteiger partial charge is 0.372 e. The lowest BCUT2D eigenvalue weighted by molar-refractivity contribution is -0.0112. The van der Waals surface area contributed by atoms with Crippen molar-refractivity contribution in [2.45, 2.75) is 38.5 Å². The maximum Gasteiger partial charge on any atom is 0.0977 e. The fourth-order valence-corrected chi connectivity index (χ4v) is 2.82. The third-order valence-corrected chi connectivity index (χ3v) is 4.05. The van der Waals surface area contributed by atoms with Crippen LogP contribution in [0.2, 0.25) is 0 Å². The van der Waals surface area contributed by atoms with Crippen LogP contribution in [-0.2, 0) is 11.3 Å². The first kappa shape index (κ1) is 14.2. The Hall–Kier alpha value is -1.71. The lowest BCUT2D eigenvalue weighted by Crippen LogP contribution is -2.39. The number of aryl methyl sites for hydroxylation is 1. The maximum absolute atomic E-state index is 6.03. The predicted octanol–water partition coefficient (Wildman–Crippen LogP) is 3.40. The Bertz CT molecular complexity index is 553. The summed E-state index contributed by atoms with van der Waals surface area (Å²) >= 11 is 0. The second kappa shape index (κ2) is 6.83. The zero-order valence-electron chi connectivity index (χ0n) is 12.5.